The Bertz CT molecular complexity index is 648. The molecule has 1 N–H and O–H groups in total. The fraction of sp³-hybridized carbons (Fsp3) is 0.588. The van der Waals surface area contributed by atoms with Crippen LogP contribution in [-0.2, 0) is 14.3 Å². The standard InChI is InChI=1S/C17H23N3O5/c1-13-12-14(20(22)23)2-3-15(13)18-16(21)4-7-19-8-5-17(6-9-19)24-10-11-25-17/h2-3,12H,4-11H2,1H3,(H,18,21). The van der Waals surface area contributed by atoms with Crippen LogP contribution in [0.25, 0.3) is 0 Å². The van der Waals surface area contributed by atoms with Gasteiger partial charge in [0.1, 0.15) is 0 Å². The first-order valence-corrected chi connectivity index (χ1v) is 8.53. The smallest absolute Gasteiger partial charge is 0.269 e. The molecule has 0 radical (unpaired) electrons. The van der Waals surface area contributed by atoms with E-state index in [1.165, 1.54) is 12.1 Å². The quantitative estimate of drug-likeness (QED) is 0.646. The van der Waals surface area contributed by atoms with E-state index in [0.717, 1.165) is 25.9 Å². The average molecular weight is 349 g/mol. The highest BCUT2D eigenvalue weighted by atomic mass is 16.7. The lowest BCUT2D eigenvalue weighted by atomic mass is 10.0. The van der Waals surface area contributed by atoms with E-state index in [2.05, 4.69) is 10.2 Å². The van der Waals surface area contributed by atoms with Crippen molar-refractivity contribution in [3.05, 3.63) is 33.9 Å². The number of nitrogens with one attached hydrogen (secondary N) is 1. The molecule has 1 amide bonds. The molecule has 8 nitrogen and oxygen atoms in total. The molecule has 1 spiro atoms. The van der Waals surface area contributed by atoms with Crippen molar-refractivity contribution < 1.29 is 19.2 Å². The fourth-order valence-electron chi connectivity index (χ4n) is 3.28. The monoisotopic (exact) mass is 349 g/mol. The number of carbonyl (C=O) groups is 1. The number of likely N-dealkylation sites (tertiary alicyclic amines) is 1. The number of benzene rings is 1. The second-order valence-electron chi connectivity index (χ2n) is 6.50. The number of rotatable bonds is 5. The zero-order chi connectivity index (χ0) is 17.9. The molecule has 0 unspecified atom stereocenters. The molecule has 25 heavy (non-hydrogen) atoms. The minimum Gasteiger partial charge on any atom is -0.347 e. The lowest BCUT2D eigenvalue weighted by molar-refractivity contribution is -0.384. The summed E-state index contributed by atoms with van der Waals surface area (Å²) in [5.41, 5.74) is 1.31. The van der Waals surface area contributed by atoms with Crippen LogP contribution in [0.4, 0.5) is 11.4 Å². The third-order valence-electron chi connectivity index (χ3n) is 4.78. The third kappa shape index (κ3) is 4.33. The minimum atomic E-state index is -0.445. The maximum Gasteiger partial charge on any atom is 0.269 e. The first-order chi connectivity index (χ1) is 12.0. The Labute approximate surface area is 146 Å². The lowest BCUT2D eigenvalue weighted by Gasteiger charge is -2.37. The van der Waals surface area contributed by atoms with Crippen LogP contribution in [0.15, 0.2) is 18.2 Å². The molecule has 1 aromatic rings. The number of hydrogen-bond acceptors (Lipinski definition) is 6. The second kappa shape index (κ2) is 7.47. The number of non-ortho nitro benzene ring substituents is 1. The number of hydrogen-bond donors (Lipinski definition) is 1. The zero-order valence-corrected chi connectivity index (χ0v) is 14.3. The maximum atomic E-state index is 12.2. The van der Waals surface area contributed by atoms with Gasteiger partial charge in [0.05, 0.1) is 18.1 Å². The van der Waals surface area contributed by atoms with Crippen molar-refractivity contribution in [3.63, 3.8) is 0 Å². The summed E-state index contributed by atoms with van der Waals surface area (Å²) in [5, 5.41) is 13.6. The predicted molar refractivity (Wildman–Crippen MR) is 91.4 cm³/mol. The highest BCUT2D eigenvalue weighted by molar-refractivity contribution is 5.91. The van der Waals surface area contributed by atoms with Gasteiger partial charge in [-0.05, 0) is 18.6 Å². The molecule has 0 aliphatic carbocycles. The van der Waals surface area contributed by atoms with Crippen LogP contribution in [0.2, 0.25) is 0 Å². The summed E-state index contributed by atoms with van der Waals surface area (Å²) in [6.45, 7) is 5.45. The highest BCUT2D eigenvalue weighted by Crippen LogP contribution is 2.31. The molecule has 8 heteroatoms. The van der Waals surface area contributed by atoms with E-state index in [9.17, 15) is 14.9 Å². The molecule has 0 atom stereocenters. The van der Waals surface area contributed by atoms with E-state index in [1.807, 2.05) is 0 Å². The molecule has 2 aliphatic heterocycles. The molecule has 0 aromatic heterocycles. The number of aryl methyl sites for hydroxylation is 1. The number of carbonyl (C=O) groups excluding carboxylic acids is 1. The van der Waals surface area contributed by atoms with Gasteiger partial charge in [0, 0.05) is 56.7 Å². The highest BCUT2D eigenvalue weighted by Gasteiger charge is 2.39. The third-order valence-corrected chi connectivity index (χ3v) is 4.78. The minimum absolute atomic E-state index is 0.0223. The largest absolute Gasteiger partial charge is 0.347 e. The Morgan fingerprint density at radius 2 is 2.00 bits per heavy atom. The number of piperidine rings is 1. The van der Waals surface area contributed by atoms with Crippen LogP contribution in [0.5, 0.6) is 0 Å². The van der Waals surface area contributed by atoms with Gasteiger partial charge < -0.3 is 19.7 Å². The molecular weight excluding hydrogens is 326 g/mol. The van der Waals surface area contributed by atoms with Gasteiger partial charge in [-0.25, -0.2) is 0 Å². The van der Waals surface area contributed by atoms with E-state index in [4.69, 9.17) is 9.47 Å². The Morgan fingerprint density at radius 1 is 1.32 bits per heavy atom. The van der Waals surface area contributed by atoms with Gasteiger partial charge in [0.15, 0.2) is 5.79 Å². The van der Waals surface area contributed by atoms with E-state index < -0.39 is 10.7 Å². The molecule has 0 bridgehead atoms. The van der Waals surface area contributed by atoms with Crippen LogP contribution in [0.3, 0.4) is 0 Å². The SMILES string of the molecule is Cc1cc([N+](=O)[O-])ccc1NC(=O)CCN1CCC2(CC1)OCCO2. The summed E-state index contributed by atoms with van der Waals surface area (Å²) in [6, 6.07) is 4.43. The van der Waals surface area contributed by atoms with Crippen molar-refractivity contribution in [1.82, 2.24) is 4.90 Å². The summed E-state index contributed by atoms with van der Waals surface area (Å²) in [6.07, 6.45) is 2.04. The lowest BCUT2D eigenvalue weighted by Crippen LogP contribution is -2.45. The Kier molecular flexibility index (Phi) is 5.31. The molecule has 0 saturated carbocycles. The zero-order valence-electron chi connectivity index (χ0n) is 14.3. The van der Waals surface area contributed by atoms with Gasteiger partial charge in [-0.3, -0.25) is 14.9 Å². The first kappa shape index (κ1) is 17.8. The number of amides is 1. The van der Waals surface area contributed by atoms with Crippen molar-refractivity contribution in [2.75, 3.05) is 38.2 Å². The molecular formula is C17H23N3O5. The van der Waals surface area contributed by atoms with Gasteiger partial charge in [0.2, 0.25) is 5.91 Å². The number of anilines is 1. The van der Waals surface area contributed by atoms with Crippen molar-refractivity contribution in [2.45, 2.75) is 32.0 Å². The summed E-state index contributed by atoms with van der Waals surface area (Å²) in [7, 11) is 0. The van der Waals surface area contributed by atoms with Gasteiger partial charge in [0.25, 0.3) is 5.69 Å². The van der Waals surface area contributed by atoms with Gasteiger partial charge in [-0.2, -0.15) is 0 Å². The van der Waals surface area contributed by atoms with Crippen LogP contribution >= 0.6 is 0 Å². The van der Waals surface area contributed by atoms with Gasteiger partial charge >= 0.3 is 0 Å². The predicted octanol–water partition coefficient (Wildman–Crippen LogP) is 2.07. The molecule has 2 heterocycles. The van der Waals surface area contributed by atoms with E-state index in [0.29, 0.717) is 37.4 Å². The average Bonchev–Trinajstić information content (AvgIpc) is 3.04. The molecule has 3 rings (SSSR count). The van der Waals surface area contributed by atoms with Gasteiger partial charge in [-0.15, -0.1) is 0 Å². The van der Waals surface area contributed by atoms with Crippen LogP contribution < -0.4 is 5.32 Å². The van der Waals surface area contributed by atoms with Gasteiger partial charge in [-0.1, -0.05) is 0 Å². The molecule has 2 aliphatic rings. The van der Waals surface area contributed by atoms with E-state index >= 15 is 0 Å². The number of nitro benzene ring substituents is 1. The Hall–Kier alpha value is -2.03. The fourth-order valence-corrected chi connectivity index (χ4v) is 3.28. The van der Waals surface area contributed by atoms with Crippen LogP contribution in [0, 0.1) is 17.0 Å². The topological polar surface area (TPSA) is 93.9 Å². The van der Waals surface area contributed by atoms with Crippen LogP contribution in [-0.4, -0.2) is 54.4 Å². The van der Waals surface area contributed by atoms with Crippen molar-refractivity contribution in [1.29, 1.82) is 0 Å². The summed E-state index contributed by atoms with van der Waals surface area (Å²) < 4.78 is 11.4. The maximum absolute atomic E-state index is 12.2. The van der Waals surface area contributed by atoms with Crippen molar-refractivity contribution in [2.24, 2.45) is 0 Å². The molecule has 1 aromatic carbocycles. The summed E-state index contributed by atoms with van der Waals surface area (Å²) in [5.74, 6) is -0.486. The molecule has 2 saturated heterocycles. The Balaban J connectivity index is 1.45. The molecule has 2 fully saturated rings. The Morgan fingerprint density at radius 3 is 2.60 bits per heavy atom. The van der Waals surface area contributed by atoms with E-state index in [-0.39, 0.29) is 11.6 Å². The van der Waals surface area contributed by atoms with Crippen LogP contribution in [0.1, 0.15) is 24.8 Å². The summed E-state index contributed by atoms with van der Waals surface area (Å²) >= 11 is 0. The van der Waals surface area contributed by atoms with Crippen molar-refractivity contribution >= 4 is 17.3 Å². The number of nitrogens with zero attached hydrogens (tertiary/aromatic N) is 2. The second-order valence-corrected chi connectivity index (χ2v) is 6.50. The number of ether oxygens (including phenoxy) is 2. The number of nitro groups is 1. The van der Waals surface area contributed by atoms with Crippen molar-refractivity contribution in [3.8, 4) is 0 Å². The normalized spacial score (nSPS) is 19.9. The molecule has 136 valence electrons. The first-order valence-electron chi connectivity index (χ1n) is 8.53. The van der Waals surface area contributed by atoms with E-state index in [1.54, 1.807) is 13.0 Å². The summed E-state index contributed by atoms with van der Waals surface area (Å²) in [4.78, 5) is 24.7.